The van der Waals surface area contributed by atoms with Gasteiger partial charge in [0.25, 0.3) is 0 Å². The van der Waals surface area contributed by atoms with Gasteiger partial charge in [0, 0.05) is 33.9 Å². The zero-order valence-corrected chi connectivity index (χ0v) is 13.0. The molecule has 0 spiro atoms. The van der Waals surface area contributed by atoms with Gasteiger partial charge in [0.15, 0.2) is 5.96 Å². The molecule has 0 fully saturated rings. The lowest BCUT2D eigenvalue weighted by atomic mass is 10.5. The first kappa shape index (κ1) is 16.4. The van der Waals surface area contributed by atoms with Crippen LogP contribution in [0.4, 0.5) is 0 Å². The molecule has 0 saturated carbocycles. The minimum Gasteiger partial charge on any atom is -0.357 e. The molecule has 0 radical (unpaired) electrons. The van der Waals surface area contributed by atoms with E-state index in [0.29, 0.717) is 5.96 Å². The van der Waals surface area contributed by atoms with Crippen LogP contribution in [0.1, 0.15) is 20.3 Å². The van der Waals surface area contributed by atoms with Crippen LogP contribution in [-0.4, -0.2) is 60.1 Å². The Morgan fingerprint density at radius 3 is 2.35 bits per heavy atom. The van der Waals surface area contributed by atoms with Crippen LogP contribution in [0.3, 0.4) is 0 Å². The summed E-state index contributed by atoms with van der Waals surface area (Å²) >= 11 is 0. The molecule has 0 amide bonds. The highest BCUT2D eigenvalue weighted by Gasteiger charge is 2.07. The Morgan fingerprint density at radius 2 is 1.88 bits per heavy atom. The van der Waals surface area contributed by atoms with Crippen molar-refractivity contribution in [3.63, 3.8) is 0 Å². The van der Waals surface area contributed by atoms with Crippen molar-refractivity contribution in [1.82, 2.24) is 10.2 Å². The second kappa shape index (κ2) is 10.6. The third kappa shape index (κ3) is 9.14. The number of nitrogens with one attached hydrogen (secondary N) is 2. The van der Waals surface area contributed by atoms with Crippen molar-refractivity contribution in [2.75, 3.05) is 33.9 Å². The average Bonchev–Trinajstić information content (AvgIpc) is 2.28. The van der Waals surface area contributed by atoms with Crippen LogP contribution in [0.2, 0.25) is 6.04 Å². The Kier molecular flexibility index (Phi) is 10.2. The van der Waals surface area contributed by atoms with Gasteiger partial charge in [-0.3, -0.25) is 5.41 Å². The lowest BCUT2D eigenvalue weighted by Gasteiger charge is -2.17. The fourth-order valence-corrected chi connectivity index (χ4v) is 3.06. The predicted molar refractivity (Wildman–Crippen MR) is 74.4 cm³/mol. The second-order valence-electron chi connectivity index (χ2n) is 4.01. The summed E-state index contributed by atoms with van der Waals surface area (Å²) in [4.78, 5) is 1.76. The van der Waals surface area contributed by atoms with E-state index in [-0.39, 0.29) is 15.4 Å². The van der Waals surface area contributed by atoms with E-state index in [1.165, 1.54) is 6.04 Å². The van der Waals surface area contributed by atoms with E-state index in [2.05, 4.69) is 5.32 Å². The van der Waals surface area contributed by atoms with Crippen molar-refractivity contribution < 1.29 is 9.47 Å². The molecule has 0 aromatic heterocycles. The van der Waals surface area contributed by atoms with Crippen LogP contribution in [0.15, 0.2) is 0 Å². The minimum atomic E-state index is -0.329. The highest BCUT2D eigenvalue weighted by molar-refractivity contribution is 6.36. The fourth-order valence-electron chi connectivity index (χ4n) is 1.39. The van der Waals surface area contributed by atoms with Crippen LogP contribution in [0.25, 0.3) is 0 Å². The number of rotatable bonds is 9. The standard InChI is InChI=1S/C11H27N3O2Si/c1-5-15-11(16-6-2)17-9-7-8-13-10(12)14(3)4/h11H,5-9,17H2,1-4H3,(H2,12,13). The van der Waals surface area contributed by atoms with Gasteiger partial charge in [-0.1, -0.05) is 6.04 Å². The summed E-state index contributed by atoms with van der Waals surface area (Å²) < 4.78 is 11.0. The van der Waals surface area contributed by atoms with Crippen molar-refractivity contribution in [2.45, 2.75) is 32.2 Å². The predicted octanol–water partition coefficient (Wildman–Crippen LogP) is 0.406. The van der Waals surface area contributed by atoms with E-state index >= 15 is 0 Å². The molecule has 6 heteroatoms. The van der Waals surface area contributed by atoms with Gasteiger partial charge < -0.3 is 19.7 Å². The van der Waals surface area contributed by atoms with E-state index in [4.69, 9.17) is 14.9 Å². The van der Waals surface area contributed by atoms with Crippen LogP contribution < -0.4 is 5.32 Å². The molecule has 5 nitrogen and oxygen atoms in total. The first-order valence-corrected chi connectivity index (χ1v) is 8.16. The Labute approximate surface area is 107 Å². The van der Waals surface area contributed by atoms with Gasteiger partial charge in [-0.2, -0.15) is 0 Å². The van der Waals surface area contributed by atoms with Gasteiger partial charge in [-0.15, -0.1) is 0 Å². The number of ether oxygens (including phenoxy) is 2. The van der Waals surface area contributed by atoms with E-state index in [1.807, 2.05) is 27.9 Å². The zero-order chi connectivity index (χ0) is 13.1. The smallest absolute Gasteiger partial charge is 0.190 e. The Morgan fingerprint density at radius 1 is 1.29 bits per heavy atom. The monoisotopic (exact) mass is 261 g/mol. The molecule has 0 saturated heterocycles. The highest BCUT2D eigenvalue weighted by atomic mass is 28.2. The molecule has 0 bridgehead atoms. The lowest BCUT2D eigenvalue weighted by molar-refractivity contribution is -0.0827. The van der Waals surface area contributed by atoms with E-state index in [1.54, 1.807) is 4.90 Å². The summed E-state index contributed by atoms with van der Waals surface area (Å²) in [7, 11) is 3.40. The largest absolute Gasteiger partial charge is 0.357 e. The molecule has 102 valence electrons. The molecule has 0 heterocycles. The Bertz CT molecular complexity index is 197. The minimum absolute atomic E-state index is 0.0679. The third-order valence-electron chi connectivity index (χ3n) is 2.31. The maximum absolute atomic E-state index is 7.57. The number of hydrogen-bond acceptors (Lipinski definition) is 3. The van der Waals surface area contributed by atoms with E-state index < -0.39 is 0 Å². The molecule has 0 aromatic rings. The maximum atomic E-state index is 7.57. The van der Waals surface area contributed by atoms with E-state index in [0.717, 1.165) is 26.2 Å². The van der Waals surface area contributed by atoms with Crippen molar-refractivity contribution in [2.24, 2.45) is 0 Å². The Balaban J connectivity index is 3.50. The number of nitrogens with zero attached hydrogens (tertiary/aromatic N) is 1. The highest BCUT2D eigenvalue weighted by Crippen LogP contribution is 1.98. The second-order valence-corrected chi connectivity index (χ2v) is 5.96. The van der Waals surface area contributed by atoms with Crippen LogP contribution in [-0.2, 0) is 9.47 Å². The van der Waals surface area contributed by atoms with Gasteiger partial charge in [0.05, 0.1) is 9.52 Å². The normalized spacial score (nSPS) is 11.4. The van der Waals surface area contributed by atoms with Gasteiger partial charge in [-0.05, 0) is 20.3 Å². The third-order valence-corrected chi connectivity index (χ3v) is 4.16. The van der Waals surface area contributed by atoms with Crippen molar-refractivity contribution in [3.8, 4) is 0 Å². The summed E-state index contributed by atoms with van der Waals surface area (Å²) in [6.45, 7) is 6.30. The van der Waals surface area contributed by atoms with Crippen LogP contribution >= 0.6 is 0 Å². The van der Waals surface area contributed by atoms with Crippen LogP contribution in [0, 0.1) is 5.41 Å². The molecular weight excluding hydrogens is 234 g/mol. The Hall–Kier alpha value is -0.593. The SMILES string of the molecule is CCOC(OCC)[SiH2]CCCNC(=N)N(C)C. The zero-order valence-electron chi connectivity index (χ0n) is 11.6. The van der Waals surface area contributed by atoms with Crippen LogP contribution in [0.5, 0.6) is 0 Å². The number of hydrogen-bond donors (Lipinski definition) is 2. The molecule has 17 heavy (non-hydrogen) atoms. The van der Waals surface area contributed by atoms with Gasteiger partial charge in [-0.25, -0.2) is 0 Å². The van der Waals surface area contributed by atoms with Gasteiger partial charge >= 0.3 is 0 Å². The molecule has 0 rings (SSSR count). The quantitative estimate of drug-likeness (QED) is 0.207. The molecule has 2 N–H and O–H groups in total. The maximum Gasteiger partial charge on any atom is 0.190 e. The first-order valence-electron chi connectivity index (χ1n) is 6.34. The average molecular weight is 261 g/mol. The van der Waals surface area contributed by atoms with Crippen molar-refractivity contribution in [1.29, 1.82) is 5.41 Å². The summed E-state index contributed by atoms with van der Waals surface area (Å²) in [6.07, 6.45) is 1.08. The molecule has 0 aliphatic heterocycles. The molecular formula is C11H27N3O2Si. The van der Waals surface area contributed by atoms with E-state index in [9.17, 15) is 0 Å². The van der Waals surface area contributed by atoms with Crippen molar-refractivity contribution in [3.05, 3.63) is 0 Å². The molecule has 0 aliphatic rings. The molecule has 0 atom stereocenters. The van der Waals surface area contributed by atoms with Gasteiger partial charge in [0.2, 0.25) is 0 Å². The molecule has 0 unspecified atom stereocenters. The molecule has 0 aliphatic carbocycles. The topological polar surface area (TPSA) is 57.6 Å². The van der Waals surface area contributed by atoms with Gasteiger partial charge in [0.1, 0.15) is 5.91 Å². The summed E-state index contributed by atoms with van der Waals surface area (Å²) in [6, 6.07) is 1.18. The summed E-state index contributed by atoms with van der Waals surface area (Å²) in [5.41, 5.74) is 0. The first-order chi connectivity index (χ1) is 8.11. The fraction of sp³-hybridized carbons (Fsp3) is 0.909. The molecule has 0 aromatic carbocycles. The van der Waals surface area contributed by atoms with Crippen molar-refractivity contribution >= 4 is 15.5 Å². The lowest BCUT2D eigenvalue weighted by Crippen LogP contribution is -2.36. The number of guanidine groups is 1. The summed E-state index contributed by atoms with van der Waals surface area (Å²) in [5, 5.41) is 10.6. The summed E-state index contributed by atoms with van der Waals surface area (Å²) in [5.74, 6) is 0.538.